The van der Waals surface area contributed by atoms with Crippen molar-refractivity contribution >= 4 is 6.29 Å². The molecule has 0 atom stereocenters. The molecule has 0 saturated heterocycles. The SMILES string of the molecule is COc1ccc(C2(C=O)CC2)cc1C. The van der Waals surface area contributed by atoms with Crippen LogP contribution < -0.4 is 4.74 Å². The van der Waals surface area contributed by atoms with Crippen LogP contribution in [0.3, 0.4) is 0 Å². The van der Waals surface area contributed by atoms with E-state index < -0.39 is 0 Å². The van der Waals surface area contributed by atoms with Gasteiger partial charge in [0, 0.05) is 0 Å². The van der Waals surface area contributed by atoms with E-state index in [9.17, 15) is 4.79 Å². The molecule has 0 bridgehead atoms. The summed E-state index contributed by atoms with van der Waals surface area (Å²) in [7, 11) is 1.66. The molecule has 0 radical (unpaired) electrons. The van der Waals surface area contributed by atoms with Gasteiger partial charge < -0.3 is 9.53 Å². The molecule has 2 heteroatoms. The van der Waals surface area contributed by atoms with E-state index in [4.69, 9.17) is 4.74 Å². The highest BCUT2D eigenvalue weighted by atomic mass is 16.5. The molecule has 74 valence electrons. The third-order valence-electron chi connectivity index (χ3n) is 2.98. The van der Waals surface area contributed by atoms with Crippen molar-refractivity contribution in [3.05, 3.63) is 29.3 Å². The van der Waals surface area contributed by atoms with Gasteiger partial charge in [-0.3, -0.25) is 0 Å². The molecule has 0 spiro atoms. The fourth-order valence-electron chi connectivity index (χ4n) is 1.80. The second-order valence-electron chi connectivity index (χ2n) is 3.96. The van der Waals surface area contributed by atoms with Crippen molar-refractivity contribution in [1.29, 1.82) is 0 Å². The summed E-state index contributed by atoms with van der Waals surface area (Å²) in [5.41, 5.74) is 2.06. The van der Waals surface area contributed by atoms with Crippen LogP contribution in [0.2, 0.25) is 0 Å². The largest absolute Gasteiger partial charge is 0.496 e. The lowest BCUT2D eigenvalue weighted by atomic mass is 9.96. The number of rotatable bonds is 3. The topological polar surface area (TPSA) is 26.3 Å². The van der Waals surface area contributed by atoms with Gasteiger partial charge in [-0.15, -0.1) is 0 Å². The summed E-state index contributed by atoms with van der Waals surface area (Å²) >= 11 is 0. The molecule has 1 saturated carbocycles. The molecule has 0 amide bonds. The summed E-state index contributed by atoms with van der Waals surface area (Å²) in [6.07, 6.45) is 3.05. The first-order valence-electron chi connectivity index (χ1n) is 4.83. The number of aryl methyl sites for hydroxylation is 1. The van der Waals surface area contributed by atoms with Gasteiger partial charge in [0.05, 0.1) is 12.5 Å². The molecule has 1 aromatic rings. The third kappa shape index (κ3) is 1.31. The van der Waals surface area contributed by atoms with Crippen LogP contribution in [0, 0.1) is 6.92 Å². The minimum Gasteiger partial charge on any atom is -0.496 e. The number of methoxy groups -OCH3 is 1. The molecule has 1 aromatic carbocycles. The predicted molar refractivity (Wildman–Crippen MR) is 54.7 cm³/mol. The van der Waals surface area contributed by atoms with Crippen LogP contribution in [0.5, 0.6) is 5.75 Å². The second kappa shape index (κ2) is 3.12. The fourth-order valence-corrected chi connectivity index (χ4v) is 1.80. The van der Waals surface area contributed by atoms with Gasteiger partial charge in [0.1, 0.15) is 12.0 Å². The molecule has 0 aromatic heterocycles. The molecule has 1 aliphatic carbocycles. The monoisotopic (exact) mass is 190 g/mol. The van der Waals surface area contributed by atoms with Crippen LogP contribution >= 0.6 is 0 Å². The Bertz CT molecular complexity index is 365. The normalized spacial score (nSPS) is 17.6. The van der Waals surface area contributed by atoms with Gasteiger partial charge in [-0.1, -0.05) is 12.1 Å². The maximum Gasteiger partial charge on any atom is 0.130 e. The van der Waals surface area contributed by atoms with Gasteiger partial charge in [-0.05, 0) is 37.0 Å². The lowest BCUT2D eigenvalue weighted by molar-refractivity contribution is -0.109. The van der Waals surface area contributed by atoms with Crippen molar-refractivity contribution in [2.45, 2.75) is 25.2 Å². The van der Waals surface area contributed by atoms with E-state index in [0.29, 0.717) is 0 Å². The first-order chi connectivity index (χ1) is 6.72. The van der Waals surface area contributed by atoms with E-state index in [1.807, 2.05) is 19.1 Å². The Balaban J connectivity index is 2.38. The standard InChI is InChI=1S/C12H14O2/c1-9-7-10(3-4-11(9)14-2)12(8-13)5-6-12/h3-4,7-8H,5-6H2,1-2H3. The Morgan fingerprint density at radius 3 is 2.57 bits per heavy atom. The number of ether oxygens (including phenoxy) is 1. The maximum atomic E-state index is 10.9. The Kier molecular flexibility index (Phi) is 2.06. The van der Waals surface area contributed by atoms with Crippen molar-refractivity contribution in [2.75, 3.05) is 7.11 Å². The summed E-state index contributed by atoms with van der Waals surface area (Å²) in [6, 6.07) is 5.99. The number of hydrogen-bond donors (Lipinski definition) is 0. The quantitative estimate of drug-likeness (QED) is 0.683. The fraction of sp³-hybridized carbons (Fsp3) is 0.417. The van der Waals surface area contributed by atoms with Crippen LogP contribution in [0.25, 0.3) is 0 Å². The molecule has 2 nitrogen and oxygen atoms in total. The minimum absolute atomic E-state index is 0.170. The molecule has 1 fully saturated rings. The van der Waals surface area contributed by atoms with Gasteiger partial charge in [0.15, 0.2) is 0 Å². The van der Waals surface area contributed by atoms with Crippen molar-refractivity contribution < 1.29 is 9.53 Å². The zero-order valence-electron chi connectivity index (χ0n) is 8.54. The van der Waals surface area contributed by atoms with Crippen molar-refractivity contribution in [2.24, 2.45) is 0 Å². The van der Waals surface area contributed by atoms with Crippen molar-refractivity contribution in [1.82, 2.24) is 0 Å². The van der Waals surface area contributed by atoms with Crippen LogP contribution in [0.1, 0.15) is 24.0 Å². The highest BCUT2D eigenvalue weighted by Gasteiger charge is 2.44. The van der Waals surface area contributed by atoms with Gasteiger partial charge >= 0.3 is 0 Å². The maximum absolute atomic E-state index is 10.9. The molecule has 0 N–H and O–H groups in total. The van der Waals surface area contributed by atoms with Gasteiger partial charge in [-0.2, -0.15) is 0 Å². The van der Waals surface area contributed by atoms with Crippen molar-refractivity contribution in [3.63, 3.8) is 0 Å². The number of carbonyl (C=O) groups excluding carboxylic acids is 1. The lowest BCUT2D eigenvalue weighted by Crippen LogP contribution is -2.07. The van der Waals surface area contributed by atoms with Gasteiger partial charge in [-0.25, -0.2) is 0 Å². The number of hydrogen-bond acceptors (Lipinski definition) is 2. The third-order valence-corrected chi connectivity index (χ3v) is 2.98. The Hall–Kier alpha value is -1.31. The molecule has 1 aliphatic rings. The van der Waals surface area contributed by atoms with Crippen LogP contribution in [0.4, 0.5) is 0 Å². The Labute approximate surface area is 83.9 Å². The predicted octanol–water partition coefficient (Wildman–Crippen LogP) is 2.23. The smallest absolute Gasteiger partial charge is 0.130 e. The van der Waals surface area contributed by atoms with E-state index in [-0.39, 0.29) is 5.41 Å². The average Bonchev–Trinajstić information content (AvgIpc) is 2.98. The average molecular weight is 190 g/mol. The highest BCUT2D eigenvalue weighted by molar-refractivity contribution is 5.73. The van der Waals surface area contributed by atoms with E-state index in [0.717, 1.165) is 36.0 Å². The van der Waals surface area contributed by atoms with Crippen LogP contribution in [0.15, 0.2) is 18.2 Å². The summed E-state index contributed by atoms with van der Waals surface area (Å²) in [5.74, 6) is 0.885. The number of carbonyl (C=O) groups is 1. The number of aldehydes is 1. The minimum atomic E-state index is -0.170. The Morgan fingerprint density at radius 2 is 2.14 bits per heavy atom. The summed E-state index contributed by atoms with van der Waals surface area (Å²) < 4.78 is 5.18. The zero-order chi connectivity index (χ0) is 10.2. The van der Waals surface area contributed by atoms with E-state index in [1.54, 1.807) is 7.11 Å². The van der Waals surface area contributed by atoms with E-state index in [1.165, 1.54) is 0 Å². The highest BCUT2D eigenvalue weighted by Crippen LogP contribution is 2.46. The van der Waals surface area contributed by atoms with Gasteiger partial charge in [0.25, 0.3) is 0 Å². The lowest BCUT2D eigenvalue weighted by Gasteiger charge is -2.10. The van der Waals surface area contributed by atoms with Gasteiger partial charge in [0.2, 0.25) is 0 Å². The number of benzene rings is 1. The second-order valence-corrected chi connectivity index (χ2v) is 3.96. The van der Waals surface area contributed by atoms with Crippen LogP contribution in [-0.4, -0.2) is 13.4 Å². The molecular weight excluding hydrogens is 176 g/mol. The zero-order valence-corrected chi connectivity index (χ0v) is 8.54. The van der Waals surface area contributed by atoms with E-state index in [2.05, 4.69) is 6.07 Å². The summed E-state index contributed by atoms with van der Waals surface area (Å²) in [5, 5.41) is 0. The first kappa shape index (κ1) is 9.25. The molecule has 0 unspecified atom stereocenters. The molecular formula is C12H14O2. The molecule has 0 aliphatic heterocycles. The van der Waals surface area contributed by atoms with Crippen LogP contribution in [-0.2, 0) is 10.2 Å². The Morgan fingerprint density at radius 1 is 1.43 bits per heavy atom. The first-order valence-corrected chi connectivity index (χ1v) is 4.83. The molecule has 0 heterocycles. The van der Waals surface area contributed by atoms with Crippen molar-refractivity contribution in [3.8, 4) is 5.75 Å². The summed E-state index contributed by atoms with van der Waals surface area (Å²) in [4.78, 5) is 10.9. The van der Waals surface area contributed by atoms with E-state index >= 15 is 0 Å². The molecule has 14 heavy (non-hydrogen) atoms. The summed E-state index contributed by atoms with van der Waals surface area (Å²) in [6.45, 7) is 2.00. The molecule has 2 rings (SSSR count).